The average Bonchev–Trinajstić information content (AvgIpc) is 3.45. The highest BCUT2D eigenvalue weighted by Crippen LogP contribution is 2.18. The first-order valence-electron chi connectivity index (χ1n) is 34.4. The molecule has 0 aromatic rings. The summed E-state index contributed by atoms with van der Waals surface area (Å²) in [4.78, 5) is 38.4. The molecule has 0 amide bonds. The van der Waals surface area contributed by atoms with Crippen LogP contribution in [-0.4, -0.2) is 37.2 Å². The maximum absolute atomic E-state index is 12.9. The lowest BCUT2D eigenvalue weighted by molar-refractivity contribution is -0.167. The predicted octanol–water partition coefficient (Wildman–Crippen LogP) is 23.7. The summed E-state index contributed by atoms with van der Waals surface area (Å²) in [6.45, 7) is 6.58. The number of allylic oxidation sites excluding steroid dienone is 12. The van der Waals surface area contributed by atoms with Crippen molar-refractivity contribution in [3.8, 4) is 0 Å². The van der Waals surface area contributed by atoms with Crippen molar-refractivity contribution in [3.05, 3.63) is 72.9 Å². The normalized spacial score (nSPS) is 12.5. The van der Waals surface area contributed by atoms with E-state index in [1.54, 1.807) is 0 Å². The largest absolute Gasteiger partial charge is 0.462 e. The van der Waals surface area contributed by atoms with E-state index in [9.17, 15) is 14.4 Å². The number of ether oxygens (including phenoxy) is 3. The molecular weight excluding hydrogens is 973 g/mol. The highest BCUT2D eigenvalue weighted by atomic mass is 16.6. The summed E-state index contributed by atoms with van der Waals surface area (Å²) in [5, 5.41) is 0. The minimum absolute atomic E-state index is 0.0722. The van der Waals surface area contributed by atoms with Gasteiger partial charge in [-0.15, -0.1) is 0 Å². The van der Waals surface area contributed by atoms with E-state index in [2.05, 4.69) is 93.7 Å². The number of unbranched alkanes of at least 4 members (excludes halogenated alkanes) is 40. The van der Waals surface area contributed by atoms with E-state index >= 15 is 0 Å². The van der Waals surface area contributed by atoms with Gasteiger partial charge in [-0.05, 0) is 70.6 Å². The maximum atomic E-state index is 12.9. The van der Waals surface area contributed by atoms with Crippen LogP contribution in [0.15, 0.2) is 72.9 Å². The van der Waals surface area contributed by atoms with Gasteiger partial charge in [0.1, 0.15) is 13.2 Å². The third-order valence-electron chi connectivity index (χ3n) is 15.2. The van der Waals surface area contributed by atoms with Crippen molar-refractivity contribution in [2.75, 3.05) is 13.2 Å². The van der Waals surface area contributed by atoms with Gasteiger partial charge in [0.25, 0.3) is 0 Å². The lowest BCUT2D eigenvalue weighted by Gasteiger charge is -2.18. The molecule has 0 radical (unpaired) electrons. The molecule has 0 bridgehead atoms. The van der Waals surface area contributed by atoms with E-state index in [1.165, 1.54) is 212 Å². The zero-order valence-corrected chi connectivity index (χ0v) is 52.6. The van der Waals surface area contributed by atoms with Crippen LogP contribution in [0.2, 0.25) is 0 Å². The monoisotopic (exact) mass is 1100 g/mol. The molecule has 0 spiro atoms. The number of hydrogen-bond donors (Lipinski definition) is 0. The van der Waals surface area contributed by atoms with Crippen LogP contribution < -0.4 is 0 Å². The van der Waals surface area contributed by atoms with Crippen molar-refractivity contribution in [1.29, 1.82) is 0 Å². The zero-order chi connectivity index (χ0) is 57.1. The second-order valence-corrected chi connectivity index (χ2v) is 23.1. The van der Waals surface area contributed by atoms with Crippen molar-refractivity contribution in [3.63, 3.8) is 0 Å². The average molecular weight is 1100 g/mol. The van der Waals surface area contributed by atoms with E-state index in [-0.39, 0.29) is 31.1 Å². The standard InChI is InChI=1S/C73H130O6/c1-4-7-10-13-16-19-22-25-28-30-32-33-34-35-36-37-38-39-41-42-45-48-51-54-57-60-63-66-72(75)78-69-70(68-77-71(74)65-62-59-56-53-50-47-44-27-24-21-18-15-12-9-6-3)79-73(76)67-64-61-58-55-52-49-46-43-40-31-29-26-23-20-17-14-11-8-5-2/h7,10,16,19,25,28,32-33,35-36,38-39,70H,4-6,8-9,11-15,17-18,20-24,26-27,29-31,34,37,40-69H2,1-3H3/b10-7-,19-16-,28-25-,33-32-,36-35-,39-38-. The van der Waals surface area contributed by atoms with Crippen LogP contribution in [0.1, 0.15) is 355 Å². The molecule has 0 aromatic heterocycles. The number of carbonyl (C=O) groups excluding carboxylic acids is 3. The third kappa shape index (κ3) is 65.5. The molecule has 1 unspecified atom stereocenters. The van der Waals surface area contributed by atoms with Gasteiger partial charge in [0.05, 0.1) is 0 Å². The Hall–Kier alpha value is -3.15. The van der Waals surface area contributed by atoms with Gasteiger partial charge in [-0.2, -0.15) is 0 Å². The van der Waals surface area contributed by atoms with Crippen molar-refractivity contribution in [1.82, 2.24) is 0 Å². The fourth-order valence-electron chi connectivity index (χ4n) is 10.1. The number of hydrogen-bond acceptors (Lipinski definition) is 6. The molecule has 0 aromatic carbocycles. The van der Waals surface area contributed by atoms with Gasteiger partial charge in [0, 0.05) is 19.3 Å². The Morgan fingerprint density at radius 2 is 0.494 bits per heavy atom. The Kier molecular flexibility index (Phi) is 64.7. The smallest absolute Gasteiger partial charge is 0.306 e. The summed E-state index contributed by atoms with van der Waals surface area (Å²) in [7, 11) is 0. The molecule has 0 aliphatic rings. The Balaban J connectivity index is 4.32. The van der Waals surface area contributed by atoms with E-state index in [0.29, 0.717) is 19.3 Å². The summed E-state index contributed by atoms with van der Waals surface area (Å²) >= 11 is 0. The Morgan fingerprint density at radius 3 is 0.772 bits per heavy atom. The fraction of sp³-hybridized carbons (Fsp3) is 0.795. The van der Waals surface area contributed by atoms with Gasteiger partial charge in [-0.25, -0.2) is 0 Å². The predicted molar refractivity (Wildman–Crippen MR) is 344 cm³/mol. The van der Waals surface area contributed by atoms with Gasteiger partial charge in [-0.3, -0.25) is 14.4 Å². The molecule has 0 saturated carbocycles. The van der Waals surface area contributed by atoms with Gasteiger partial charge in [0.2, 0.25) is 0 Å². The molecule has 0 saturated heterocycles. The van der Waals surface area contributed by atoms with Crippen LogP contribution >= 0.6 is 0 Å². The first kappa shape index (κ1) is 75.8. The second-order valence-electron chi connectivity index (χ2n) is 23.1. The van der Waals surface area contributed by atoms with Crippen molar-refractivity contribution in [2.24, 2.45) is 0 Å². The lowest BCUT2D eigenvalue weighted by atomic mass is 10.0. The zero-order valence-electron chi connectivity index (χ0n) is 52.6. The molecule has 0 fully saturated rings. The molecule has 0 aliphatic carbocycles. The molecule has 79 heavy (non-hydrogen) atoms. The molecule has 0 heterocycles. The van der Waals surface area contributed by atoms with Gasteiger partial charge < -0.3 is 14.2 Å². The quantitative estimate of drug-likeness (QED) is 0.0261. The Morgan fingerprint density at radius 1 is 0.266 bits per heavy atom. The van der Waals surface area contributed by atoms with Crippen LogP contribution in [0.4, 0.5) is 0 Å². The minimum atomic E-state index is -0.777. The van der Waals surface area contributed by atoms with Crippen molar-refractivity contribution >= 4 is 17.9 Å². The van der Waals surface area contributed by atoms with Gasteiger partial charge in [-0.1, -0.05) is 338 Å². The second kappa shape index (κ2) is 67.4. The molecule has 6 nitrogen and oxygen atoms in total. The summed E-state index contributed by atoms with van der Waals surface area (Å²) < 4.78 is 17.0. The SMILES string of the molecule is CC/C=C\C/C=C\C/C=C\C/C=C\C/C=C\C/C=C\CCCCCCCCCCC(=O)OCC(COC(=O)CCCCCCCCCCCCCCCCC)OC(=O)CCCCCCCCCCCCCCCCCCCCC. The highest BCUT2D eigenvalue weighted by molar-refractivity contribution is 5.71. The topological polar surface area (TPSA) is 78.9 Å². The first-order valence-corrected chi connectivity index (χ1v) is 34.4. The molecule has 0 N–H and O–H groups in total. The highest BCUT2D eigenvalue weighted by Gasteiger charge is 2.19. The van der Waals surface area contributed by atoms with Gasteiger partial charge >= 0.3 is 17.9 Å². The molecule has 1 atom stereocenters. The van der Waals surface area contributed by atoms with Crippen LogP contribution in [-0.2, 0) is 28.6 Å². The minimum Gasteiger partial charge on any atom is -0.462 e. The van der Waals surface area contributed by atoms with Crippen LogP contribution in [0.3, 0.4) is 0 Å². The van der Waals surface area contributed by atoms with E-state index in [0.717, 1.165) is 103 Å². The molecule has 0 aliphatic heterocycles. The number of esters is 3. The first-order chi connectivity index (χ1) is 39.0. The maximum Gasteiger partial charge on any atom is 0.306 e. The number of carbonyl (C=O) groups is 3. The molecule has 458 valence electrons. The van der Waals surface area contributed by atoms with E-state index in [4.69, 9.17) is 14.2 Å². The van der Waals surface area contributed by atoms with E-state index in [1.807, 2.05) is 0 Å². The van der Waals surface area contributed by atoms with E-state index < -0.39 is 6.10 Å². The summed E-state index contributed by atoms with van der Waals surface area (Å²) in [5.74, 6) is -0.857. The Bertz CT molecular complexity index is 1450. The third-order valence-corrected chi connectivity index (χ3v) is 15.2. The van der Waals surface area contributed by atoms with Crippen LogP contribution in [0, 0.1) is 0 Å². The van der Waals surface area contributed by atoms with Crippen LogP contribution in [0.25, 0.3) is 0 Å². The molecule has 0 rings (SSSR count). The fourth-order valence-corrected chi connectivity index (χ4v) is 10.1. The van der Waals surface area contributed by atoms with Gasteiger partial charge in [0.15, 0.2) is 6.10 Å². The summed E-state index contributed by atoms with van der Waals surface area (Å²) in [6, 6.07) is 0. The molecular formula is C73H130O6. The Labute approximate surface area is 491 Å². The van der Waals surface area contributed by atoms with Crippen molar-refractivity contribution in [2.45, 2.75) is 361 Å². The van der Waals surface area contributed by atoms with Crippen molar-refractivity contribution < 1.29 is 28.6 Å². The summed E-state index contributed by atoms with van der Waals surface area (Å²) in [5.41, 5.74) is 0. The van der Waals surface area contributed by atoms with Crippen LogP contribution in [0.5, 0.6) is 0 Å². The summed E-state index contributed by atoms with van der Waals surface area (Å²) in [6.07, 6.45) is 87.7. The lowest BCUT2D eigenvalue weighted by Crippen LogP contribution is -2.30. The molecule has 6 heteroatoms. The number of rotatable bonds is 63.